The molecule has 3 heterocycles. The molecule has 0 unspecified atom stereocenters. The zero-order valence-corrected chi connectivity index (χ0v) is 12.7. The second-order valence-electron chi connectivity index (χ2n) is 6.04. The van der Waals surface area contributed by atoms with Crippen LogP contribution in [-0.4, -0.2) is 35.3 Å². The van der Waals surface area contributed by atoms with Crippen molar-refractivity contribution in [2.45, 2.75) is 31.3 Å². The number of benzene rings is 1. The van der Waals surface area contributed by atoms with Crippen molar-refractivity contribution < 1.29 is 14.0 Å². The summed E-state index contributed by atoms with van der Waals surface area (Å²) >= 11 is 0. The van der Waals surface area contributed by atoms with Crippen LogP contribution in [0, 0.1) is 0 Å². The molecule has 4 rings (SSSR count). The lowest BCUT2D eigenvalue weighted by Crippen LogP contribution is -2.53. The molecule has 0 aliphatic carbocycles. The van der Waals surface area contributed by atoms with Crippen LogP contribution in [0.1, 0.15) is 29.8 Å². The highest BCUT2D eigenvalue weighted by Gasteiger charge is 2.45. The molecule has 5 heteroatoms. The molecule has 1 aromatic carbocycles. The standard InChI is InChI=1S/C18H18N2O3/c21-17-9-8-14-15(20(17)13-5-2-1-3-6-13)10-11-19(14)18(22)16-7-4-12-23-16/h1-7,12,14-15H,8-11H2/t14-,15-/m1/s1. The van der Waals surface area contributed by atoms with Crippen LogP contribution in [0.3, 0.4) is 0 Å². The van der Waals surface area contributed by atoms with E-state index >= 15 is 0 Å². The molecule has 1 aromatic heterocycles. The van der Waals surface area contributed by atoms with E-state index in [-0.39, 0.29) is 23.9 Å². The number of carbonyl (C=O) groups is 2. The van der Waals surface area contributed by atoms with Crippen molar-refractivity contribution in [1.82, 2.24) is 4.90 Å². The van der Waals surface area contributed by atoms with Gasteiger partial charge in [-0.15, -0.1) is 0 Å². The van der Waals surface area contributed by atoms with Crippen molar-refractivity contribution >= 4 is 17.5 Å². The van der Waals surface area contributed by atoms with Crippen molar-refractivity contribution in [2.24, 2.45) is 0 Å². The normalized spacial score (nSPS) is 23.9. The van der Waals surface area contributed by atoms with Crippen molar-refractivity contribution in [3.8, 4) is 0 Å². The predicted molar refractivity (Wildman–Crippen MR) is 85.1 cm³/mol. The second kappa shape index (κ2) is 5.57. The number of hydrogen-bond donors (Lipinski definition) is 0. The minimum atomic E-state index is -0.0788. The minimum absolute atomic E-state index is 0.0533. The average molecular weight is 310 g/mol. The number of likely N-dealkylation sites (tertiary alicyclic amines) is 1. The summed E-state index contributed by atoms with van der Waals surface area (Å²) in [7, 11) is 0. The van der Waals surface area contributed by atoms with Gasteiger partial charge in [0.05, 0.1) is 18.3 Å². The van der Waals surface area contributed by atoms with Gasteiger partial charge in [0.15, 0.2) is 5.76 Å². The van der Waals surface area contributed by atoms with Gasteiger partial charge in [-0.05, 0) is 37.1 Å². The number of furan rings is 1. The molecule has 0 spiro atoms. The van der Waals surface area contributed by atoms with Gasteiger partial charge in [0.2, 0.25) is 5.91 Å². The highest BCUT2D eigenvalue weighted by Crippen LogP contribution is 2.35. The zero-order valence-electron chi connectivity index (χ0n) is 12.7. The molecule has 5 nitrogen and oxygen atoms in total. The Kier molecular flexibility index (Phi) is 3.41. The van der Waals surface area contributed by atoms with Crippen LogP contribution < -0.4 is 4.90 Å². The van der Waals surface area contributed by atoms with E-state index in [1.54, 1.807) is 12.1 Å². The number of carbonyl (C=O) groups excluding carboxylic acids is 2. The van der Waals surface area contributed by atoms with E-state index in [0.717, 1.165) is 18.5 Å². The number of nitrogens with zero attached hydrogens (tertiary/aromatic N) is 2. The van der Waals surface area contributed by atoms with Crippen molar-refractivity contribution in [3.63, 3.8) is 0 Å². The molecule has 0 radical (unpaired) electrons. The Morgan fingerprint density at radius 2 is 1.87 bits per heavy atom. The van der Waals surface area contributed by atoms with Crippen molar-refractivity contribution in [2.75, 3.05) is 11.4 Å². The van der Waals surface area contributed by atoms with E-state index < -0.39 is 0 Å². The summed E-state index contributed by atoms with van der Waals surface area (Å²) in [6.07, 6.45) is 3.51. The molecule has 0 bridgehead atoms. The van der Waals surface area contributed by atoms with Crippen LogP contribution >= 0.6 is 0 Å². The van der Waals surface area contributed by atoms with E-state index in [9.17, 15) is 9.59 Å². The molecule has 0 N–H and O–H groups in total. The first-order chi connectivity index (χ1) is 11.3. The van der Waals surface area contributed by atoms with Crippen LogP contribution in [0.25, 0.3) is 0 Å². The van der Waals surface area contributed by atoms with Gasteiger partial charge in [0.25, 0.3) is 5.91 Å². The predicted octanol–water partition coefficient (Wildman–Crippen LogP) is 2.69. The molecular formula is C18H18N2O3. The molecule has 2 atom stereocenters. The highest BCUT2D eigenvalue weighted by molar-refractivity contribution is 5.96. The number of amides is 2. The first-order valence-electron chi connectivity index (χ1n) is 7.97. The lowest BCUT2D eigenvalue weighted by atomic mass is 9.95. The Morgan fingerprint density at radius 1 is 1.04 bits per heavy atom. The molecule has 118 valence electrons. The van der Waals surface area contributed by atoms with Gasteiger partial charge in [-0.25, -0.2) is 0 Å². The fourth-order valence-corrected chi connectivity index (χ4v) is 3.78. The Hall–Kier alpha value is -2.56. The van der Waals surface area contributed by atoms with Crippen molar-refractivity contribution in [1.29, 1.82) is 0 Å². The van der Waals surface area contributed by atoms with E-state index in [2.05, 4.69) is 0 Å². The van der Waals surface area contributed by atoms with Crippen LogP contribution in [0.2, 0.25) is 0 Å². The molecular weight excluding hydrogens is 292 g/mol. The first-order valence-corrected chi connectivity index (χ1v) is 7.97. The quantitative estimate of drug-likeness (QED) is 0.857. The van der Waals surface area contributed by atoms with Crippen molar-refractivity contribution in [3.05, 3.63) is 54.5 Å². The number of para-hydroxylation sites is 1. The number of rotatable bonds is 2. The summed E-state index contributed by atoms with van der Waals surface area (Å²) in [6, 6.07) is 13.3. The second-order valence-corrected chi connectivity index (χ2v) is 6.04. The maximum absolute atomic E-state index is 12.6. The van der Waals surface area contributed by atoms with E-state index in [1.807, 2.05) is 40.1 Å². The van der Waals surface area contributed by atoms with Gasteiger partial charge in [-0.3, -0.25) is 9.59 Å². The summed E-state index contributed by atoms with van der Waals surface area (Å²) in [5.74, 6) is 0.434. The Bertz CT molecular complexity index is 711. The number of anilines is 1. The summed E-state index contributed by atoms with van der Waals surface area (Å²) in [4.78, 5) is 28.8. The number of fused-ring (bicyclic) bond motifs is 1. The van der Waals surface area contributed by atoms with Gasteiger partial charge in [0, 0.05) is 18.7 Å². The van der Waals surface area contributed by atoms with Gasteiger partial charge < -0.3 is 14.2 Å². The van der Waals surface area contributed by atoms with Crippen LogP contribution in [-0.2, 0) is 4.79 Å². The van der Waals surface area contributed by atoms with Crippen LogP contribution in [0.4, 0.5) is 5.69 Å². The zero-order chi connectivity index (χ0) is 15.8. The lowest BCUT2D eigenvalue weighted by molar-refractivity contribution is -0.120. The smallest absolute Gasteiger partial charge is 0.289 e. The van der Waals surface area contributed by atoms with Gasteiger partial charge in [-0.2, -0.15) is 0 Å². The minimum Gasteiger partial charge on any atom is -0.459 e. The fraction of sp³-hybridized carbons (Fsp3) is 0.333. The van der Waals surface area contributed by atoms with Crippen LogP contribution in [0.5, 0.6) is 0 Å². The largest absolute Gasteiger partial charge is 0.459 e. The highest BCUT2D eigenvalue weighted by atomic mass is 16.3. The SMILES string of the molecule is O=C(c1ccco1)N1CC[C@@H]2[C@H]1CCC(=O)N2c1ccccc1. The molecule has 2 aromatic rings. The summed E-state index contributed by atoms with van der Waals surface area (Å²) < 4.78 is 5.25. The Balaban J connectivity index is 1.62. The Morgan fingerprint density at radius 3 is 2.61 bits per heavy atom. The summed E-state index contributed by atoms with van der Waals surface area (Å²) in [5, 5.41) is 0. The number of piperidine rings is 1. The Labute approximate surface area is 134 Å². The third-order valence-electron chi connectivity index (χ3n) is 4.79. The molecule has 2 saturated heterocycles. The third kappa shape index (κ3) is 2.32. The van der Waals surface area contributed by atoms with Gasteiger partial charge >= 0.3 is 0 Å². The van der Waals surface area contributed by atoms with Gasteiger partial charge in [0.1, 0.15) is 0 Å². The first kappa shape index (κ1) is 14.1. The molecule has 0 saturated carbocycles. The molecule has 23 heavy (non-hydrogen) atoms. The number of hydrogen-bond acceptors (Lipinski definition) is 3. The average Bonchev–Trinajstić information content (AvgIpc) is 3.24. The molecule has 2 fully saturated rings. The fourth-order valence-electron chi connectivity index (χ4n) is 3.78. The summed E-state index contributed by atoms with van der Waals surface area (Å²) in [5.41, 5.74) is 0.916. The molecule has 2 amide bonds. The maximum Gasteiger partial charge on any atom is 0.289 e. The van der Waals surface area contributed by atoms with E-state index in [1.165, 1.54) is 6.26 Å². The van der Waals surface area contributed by atoms with Crippen LogP contribution in [0.15, 0.2) is 53.1 Å². The topological polar surface area (TPSA) is 53.8 Å². The summed E-state index contributed by atoms with van der Waals surface area (Å²) in [6.45, 7) is 0.658. The molecule has 2 aliphatic heterocycles. The van der Waals surface area contributed by atoms with E-state index in [4.69, 9.17) is 4.42 Å². The maximum atomic E-state index is 12.6. The third-order valence-corrected chi connectivity index (χ3v) is 4.79. The molecule has 2 aliphatic rings. The van der Waals surface area contributed by atoms with E-state index in [0.29, 0.717) is 18.7 Å². The van der Waals surface area contributed by atoms with Gasteiger partial charge in [-0.1, -0.05) is 18.2 Å². The lowest BCUT2D eigenvalue weighted by Gasteiger charge is -2.39. The monoisotopic (exact) mass is 310 g/mol.